The van der Waals surface area contributed by atoms with Crippen LogP contribution in [0.5, 0.6) is 0 Å². The lowest BCUT2D eigenvalue weighted by Gasteiger charge is -2.33. The van der Waals surface area contributed by atoms with Crippen molar-refractivity contribution >= 4 is 63.3 Å². The van der Waals surface area contributed by atoms with E-state index in [0.29, 0.717) is 57.4 Å². The van der Waals surface area contributed by atoms with Crippen molar-refractivity contribution in [3.8, 4) is 22.5 Å². The van der Waals surface area contributed by atoms with Crippen molar-refractivity contribution in [2.24, 2.45) is 5.92 Å². The van der Waals surface area contributed by atoms with Crippen LogP contribution in [0.2, 0.25) is 0 Å². The first-order valence-electron chi connectivity index (χ1n) is 25.0. The number of anilines is 4. The number of fused-ring (bicyclic) bond motifs is 4. The molecule has 1 aliphatic carbocycles. The fourth-order valence-electron chi connectivity index (χ4n) is 9.91. The van der Waals surface area contributed by atoms with Crippen LogP contribution in [0.1, 0.15) is 75.3 Å². The van der Waals surface area contributed by atoms with Crippen LogP contribution >= 0.6 is 0 Å². The van der Waals surface area contributed by atoms with E-state index in [1.807, 2.05) is 129 Å². The second-order valence-corrected chi connectivity index (χ2v) is 19.3. The van der Waals surface area contributed by atoms with Crippen LogP contribution < -0.4 is 35.7 Å². The molecular formula is C57H62N9O7+. The molecule has 0 bridgehead atoms. The van der Waals surface area contributed by atoms with Gasteiger partial charge in [-0.1, -0.05) is 43.2 Å². The number of nitrogens with zero attached hydrogens (tertiary/aromatic N) is 6. The van der Waals surface area contributed by atoms with Gasteiger partial charge in [0.25, 0.3) is 11.8 Å². The Morgan fingerprint density at radius 1 is 0.849 bits per heavy atom. The predicted molar refractivity (Wildman–Crippen MR) is 284 cm³/mol. The number of aryl methyl sites for hydroxylation is 2. The highest BCUT2D eigenvalue weighted by atomic mass is 16.4. The number of aromatic carboxylic acids is 1. The molecule has 0 unspecified atom stereocenters. The molecule has 3 aliphatic heterocycles. The Hall–Kier alpha value is -8.11. The highest BCUT2D eigenvalue weighted by molar-refractivity contribution is 6.18. The maximum Gasteiger partial charge on any atom is 0.336 e. The summed E-state index contributed by atoms with van der Waals surface area (Å²) in [4.78, 5) is 76.2. The molecule has 0 radical (unpaired) electrons. The number of amides is 4. The summed E-state index contributed by atoms with van der Waals surface area (Å²) in [6.45, 7) is 3.18. The van der Waals surface area contributed by atoms with Crippen LogP contribution in [-0.2, 0) is 22.6 Å². The zero-order chi connectivity index (χ0) is 51.2. The Kier molecular flexibility index (Phi) is 15.1. The van der Waals surface area contributed by atoms with E-state index in [9.17, 15) is 29.1 Å². The second-order valence-electron chi connectivity index (χ2n) is 19.3. The Morgan fingerprint density at radius 3 is 2.38 bits per heavy atom. The Labute approximate surface area is 424 Å². The smallest absolute Gasteiger partial charge is 0.336 e. The first-order valence-corrected chi connectivity index (χ1v) is 25.0. The highest BCUT2D eigenvalue weighted by Gasteiger charge is 2.31. The molecule has 4 aromatic carbocycles. The molecule has 1 saturated heterocycles. The third-order valence-corrected chi connectivity index (χ3v) is 13.9. The third kappa shape index (κ3) is 11.3. The molecule has 1 fully saturated rings. The van der Waals surface area contributed by atoms with Gasteiger partial charge in [-0.3, -0.25) is 29.0 Å². The lowest BCUT2D eigenvalue weighted by molar-refractivity contribution is -0.121. The number of rotatable bonds is 17. The van der Waals surface area contributed by atoms with E-state index in [4.69, 9.17) is 4.42 Å². The van der Waals surface area contributed by atoms with Crippen molar-refractivity contribution < 1.29 is 33.5 Å². The van der Waals surface area contributed by atoms with Crippen LogP contribution in [0.25, 0.3) is 33.4 Å². The molecule has 1 aromatic heterocycles. The summed E-state index contributed by atoms with van der Waals surface area (Å²) in [6, 6.07) is 31.0. The molecule has 16 heteroatoms. The maximum atomic E-state index is 13.9. The van der Waals surface area contributed by atoms with Crippen molar-refractivity contribution in [2.75, 3.05) is 76.0 Å². The van der Waals surface area contributed by atoms with Gasteiger partial charge in [0.1, 0.15) is 25.4 Å². The molecule has 4 heterocycles. The Balaban J connectivity index is 0.701. The number of likely N-dealkylation sites (tertiary alicyclic amines) is 1. The van der Waals surface area contributed by atoms with Gasteiger partial charge in [-0.25, -0.2) is 14.4 Å². The molecule has 9 rings (SSSR count). The van der Waals surface area contributed by atoms with Gasteiger partial charge in [-0.05, 0) is 105 Å². The van der Waals surface area contributed by atoms with Crippen molar-refractivity contribution in [1.82, 2.24) is 29.7 Å². The van der Waals surface area contributed by atoms with Crippen LogP contribution in [0.3, 0.4) is 0 Å². The second kappa shape index (κ2) is 22.1. The lowest BCUT2D eigenvalue weighted by atomic mass is 9.89. The average Bonchev–Trinajstić information content (AvgIpc) is 3.80. The molecule has 4 amide bonds. The minimum atomic E-state index is -1.17. The topological polar surface area (TPSA) is 185 Å². The van der Waals surface area contributed by atoms with Crippen molar-refractivity contribution in [3.63, 3.8) is 0 Å². The quantitative estimate of drug-likeness (QED) is 0.0405. The molecule has 73 heavy (non-hydrogen) atoms. The van der Waals surface area contributed by atoms with Crippen molar-refractivity contribution in [1.29, 1.82) is 0 Å². The molecular weight excluding hydrogens is 923 g/mol. The maximum absolute atomic E-state index is 13.9. The number of carbonyl (C=O) groups excluding carboxylic acids is 4. The van der Waals surface area contributed by atoms with Crippen LogP contribution in [0, 0.1) is 5.92 Å². The Morgan fingerprint density at radius 2 is 1.60 bits per heavy atom. The molecule has 0 saturated carbocycles. The minimum absolute atomic E-state index is 0.0206. The number of hydrogen-bond acceptors (Lipinski definition) is 9. The molecule has 16 nitrogen and oxygen atoms in total. The number of imidazole rings is 1. The number of hydrogen-bond donors (Lipinski definition) is 4. The summed E-state index contributed by atoms with van der Waals surface area (Å²) in [7, 11) is 7.77. The van der Waals surface area contributed by atoms with Gasteiger partial charge in [0.15, 0.2) is 0 Å². The van der Waals surface area contributed by atoms with Crippen molar-refractivity contribution in [2.45, 2.75) is 51.5 Å². The summed E-state index contributed by atoms with van der Waals surface area (Å²) in [5, 5.41) is 20.8. The minimum Gasteiger partial charge on any atom is -0.478 e. The van der Waals surface area contributed by atoms with Crippen molar-refractivity contribution in [3.05, 3.63) is 143 Å². The van der Waals surface area contributed by atoms with Crippen LogP contribution in [-0.4, -0.2) is 110 Å². The third-order valence-electron chi connectivity index (χ3n) is 13.9. The average molecular weight is 985 g/mol. The van der Waals surface area contributed by atoms with E-state index in [0.717, 1.165) is 79.4 Å². The molecule has 5 aromatic rings. The zero-order valence-electron chi connectivity index (χ0n) is 41.8. The first kappa shape index (κ1) is 49.9. The number of carboxylic acid groups (broad SMARTS) is 1. The zero-order valence-corrected chi connectivity index (χ0v) is 41.8. The predicted octanol–water partition coefficient (Wildman–Crippen LogP) is 7.49. The van der Waals surface area contributed by atoms with Crippen LogP contribution in [0.15, 0.2) is 120 Å². The fourth-order valence-corrected chi connectivity index (χ4v) is 9.91. The number of aromatic nitrogens is 2. The van der Waals surface area contributed by atoms with Gasteiger partial charge in [-0.2, -0.15) is 0 Å². The van der Waals surface area contributed by atoms with E-state index >= 15 is 0 Å². The van der Waals surface area contributed by atoms with Gasteiger partial charge in [-0.15, -0.1) is 0 Å². The Bertz CT molecular complexity index is 3250. The number of nitrogens with one attached hydrogen (secondary N) is 3. The fraction of sp³-hybridized carbons (Fsp3) is 0.316. The van der Waals surface area contributed by atoms with Gasteiger partial charge >= 0.3 is 5.97 Å². The largest absolute Gasteiger partial charge is 0.478 e. The highest BCUT2D eigenvalue weighted by Crippen LogP contribution is 2.43. The number of benzene rings is 5. The van der Waals surface area contributed by atoms with Gasteiger partial charge in [0, 0.05) is 86.2 Å². The first-order chi connectivity index (χ1) is 35.3. The number of carbonyl (C=O) groups is 5. The van der Waals surface area contributed by atoms with E-state index in [1.165, 1.54) is 6.07 Å². The van der Waals surface area contributed by atoms with E-state index in [1.54, 1.807) is 23.1 Å². The molecule has 4 aliphatic rings. The van der Waals surface area contributed by atoms with Gasteiger partial charge in [0.2, 0.25) is 17.2 Å². The van der Waals surface area contributed by atoms with Gasteiger partial charge < -0.3 is 34.9 Å². The van der Waals surface area contributed by atoms with E-state index < -0.39 is 11.9 Å². The number of piperidine rings is 1. The summed E-state index contributed by atoms with van der Waals surface area (Å²) in [5.74, 6) is -0.861. The summed E-state index contributed by atoms with van der Waals surface area (Å²) >= 11 is 0. The molecule has 376 valence electrons. The molecule has 0 atom stereocenters. The van der Waals surface area contributed by atoms with E-state index in [2.05, 4.69) is 30.4 Å². The monoisotopic (exact) mass is 984 g/mol. The number of unbranched alkanes of at least 4 members (excludes halogenated alkanes) is 1. The summed E-state index contributed by atoms with van der Waals surface area (Å²) in [6.07, 6.45) is 9.82. The normalized spacial score (nSPS) is 13.8. The molecule has 0 spiro atoms. The van der Waals surface area contributed by atoms with Crippen LogP contribution in [0.4, 0.5) is 22.7 Å². The number of carboxylic acids is 1. The summed E-state index contributed by atoms with van der Waals surface area (Å²) < 4.78 is 10.5. The lowest BCUT2D eigenvalue weighted by Crippen LogP contribution is -2.42. The van der Waals surface area contributed by atoms with E-state index in [-0.39, 0.29) is 54.9 Å². The standard InChI is InChI=1S/C57H61N9O7/c1-62(2)40-18-21-44-50(32-40)73-51-33-41(63(3)4)19-22-45(51)54(44)42-20-16-38(31-46(42)57(71)72)55(69)59-27-26-58-52(67)23-17-39-34-65(36-60-39)28-10-9-11-37-24-29-64(30-25-37)35-53(68)66-48-14-7-5-12-43(48)56(70)61-47-13-6-8-15-49(47)66/h5-8,12-16,18-22,31-34,36-37H,9-11,17,23-30,35H2,1-4H3,(H3-,58,59,61,67,69,70,71,72)/p+1. The molecule has 4 N–H and O–H groups in total. The SMILES string of the molecule is CN(C)c1ccc2c(-c3ccc(C(=O)NCCNC(=O)CCc4cn(CCCCC5CCN(CC(=O)N6c7ccccc7NC(=O)c7ccccc76)CC5)cn4)cc3C(=O)O)c3ccc(=[N+](C)C)cc-3oc2c1. The summed E-state index contributed by atoms with van der Waals surface area (Å²) in [5.41, 5.74) is 6.80. The number of para-hydroxylation sites is 3. The van der Waals surface area contributed by atoms with Gasteiger partial charge in [0.05, 0.1) is 52.8 Å².